The molecule has 0 aromatic rings. The molecule has 0 aromatic carbocycles. The van der Waals surface area contributed by atoms with Gasteiger partial charge in [0.1, 0.15) is 0 Å². The Labute approximate surface area is 83.0 Å². The van der Waals surface area contributed by atoms with E-state index in [1.165, 1.54) is 5.57 Å². The molecular weight excluding hydrogens is 158 g/mol. The molecule has 0 aliphatic carbocycles. The average Bonchev–Trinajstić information content (AvgIpc) is 2.16. The van der Waals surface area contributed by atoms with E-state index in [1.54, 1.807) is 6.20 Å². The van der Waals surface area contributed by atoms with Crippen molar-refractivity contribution in [1.29, 1.82) is 0 Å². The van der Waals surface area contributed by atoms with Crippen molar-refractivity contribution >= 4 is 0 Å². The lowest BCUT2D eigenvalue weighted by Crippen LogP contribution is -1.77. The number of unbranched alkanes of at least 4 members (excludes halogenated alkanes) is 1. The molecule has 0 fully saturated rings. The molecule has 0 amide bonds. The molecule has 2 N–H and O–H groups in total. The minimum absolute atomic E-state index is 1.10. The molecule has 1 heteroatoms. The largest absolute Gasteiger partial charge is 0.405 e. The van der Waals surface area contributed by atoms with Gasteiger partial charge < -0.3 is 5.73 Å². The predicted octanol–water partition coefficient (Wildman–Crippen LogP) is 3.79. The van der Waals surface area contributed by atoms with Gasteiger partial charge in [-0.25, -0.2) is 0 Å². The lowest BCUT2D eigenvalue weighted by atomic mass is 10.2. The van der Waals surface area contributed by atoms with Gasteiger partial charge in [0.2, 0.25) is 0 Å². The summed E-state index contributed by atoms with van der Waals surface area (Å²) in [6, 6.07) is 0. The lowest BCUT2D eigenvalue weighted by molar-refractivity contribution is 1.04. The van der Waals surface area contributed by atoms with E-state index in [4.69, 9.17) is 5.73 Å². The summed E-state index contributed by atoms with van der Waals surface area (Å²) in [6.45, 7) is 8.09. The van der Waals surface area contributed by atoms with Crippen LogP contribution in [0.1, 0.15) is 40.5 Å². The van der Waals surface area contributed by atoms with Gasteiger partial charge in [0.25, 0.3) is 0 Å². The molecule has 0 aliphatic heterocycles. The van der Waals surface area contributed by atoms with Crippen LogP contribution in [0.25, 0.3) is 0 Å². The summed E-state index contributed by atoms with van der Waals surface area (Å²) in [5.74, 6) is 0. The summed E-state index contributed by atoms with van der Waals surface area (Å²) in [5, 5.41) is 0. The van der Waals surface area contributed by atoms with Crippen LogP contribution in [0.15, 0.2) is 36.1 Å². The third-order valence-electron chi connectivity index (χ3n) is 1.39. The molecule has 0 rings (SSSR count). The van der Waals surface area contributed by atoms with Gasteiger partial charge in [-0.15, -0.1) is 0 Å². The summed E-state index contributed by atoms with van der Waals surface area (Å²) < 4.78 is 0. The minimum Gasteiger partial charge on any atom is -0.405 e. The van der Waals surface area contributed by atoms with Gasteiger partial charge in [-0.2, -0.15) is 0 Å². The summed E-state index contributed by atoms with van der Waals surface area (Å²) in [4.78, 5) is 0. The normalized spacial score (nSPS) is 11.8. The molecule has 0 bridgehead atoms. The zero-order chi connectivity index (χ0) is 10.5. The van der Waals surface area contributed by atoms with Crippen LogP contribution in [-0.4, -0.2) is 0 Å². The highest BCUT2D eigenvalue weighted by Crippen LogP contribution is 1.99. The minimum atomic E-state index is 1.10. The van der Waals surface area contributed by atoms with Crippen molar-refractivity contribution in [3.05, 3.63) is 36.1 Å². The van der Waals surface area contributed by atoms with Crippen molar-refractivity contribution in [1.82, 2.24) is 0 Å². The second kappa shape index (κ2) is 13.6. The van der Waals surface area contributed by atoms with E-state index >= 15 is 0 Å². The Kier molecular flexibility index (Phi) is 15.2. The SMILES string of the molecule is C/C=C\CC/C=C(C)\C=C/N.CC. The molecule has 0 atom stereocenters. The van der Waals surface area contributed by atoms with Gasteiger partial charge in [0.15, 0.2) is 0 Å². The van der Waals surface area contributed by atoms with Gasteiger partial charge >= 0.3 is 0 Å². The summed E-state index contributed by atoms with van der Waals surface area (Å²) >= 11 is 0. The zero-order valence-corrected chi connectivity index (χ0v) is 9.38. The van der Waals surface area contributed by atoms with Crippen LogP contribution in [0.4, 0.5) is 0 Å². The fraction of sp³-hybridized carbons (Fsp3) is 0.500. The van der Waals surface area contributed by atoms with Crippen molar-refractivity contribution in [2.75, 3.05) is 0 Å². The highest BCUT2D eigenvalue weighted by atomic mass is 14.5. The Morgan fingerprint density at radius 2 is 1.85 bits per heavy atom. The van der Waals surface area contributed by atoms with Crippen LogP contribution in [0.2, 0.25) is 0 Å². The van der Waals surface area contributed by atoms with Crippen molar-refractivity contribution < 1.29 is 0 Å². The van der Waals surface area contributed by atoms with Gasteiger partial charge in [-0.3, -0.25) is 0 Å². The Bertz CT molecular complexity index is 164. The highest BCUT2D eigenvalue weighted by Gasteiger charge is 1.79. The predicted molar refractivity (Wildman–Crippen MR) is 62.5 cm³/mol. The van der Waals surface area contributed by atoms with Crippen LogP contribution < -0.4 is 5.73 Å². The molecule has 0 heterocycles. The second-order valence-corrected chi connectivity index (χ2v) is 2.45. The first-order valence-electron chi connectivity index (χ1n) is 4.97. The molecule has 0 saturated heterocycles. The smallest absolute Gasteiger partial charge is 0.00598 e. The standard InChI is InChI=1S/C10H17N.C2H6/c1-3-4-5-6-7-10(2)8-9-11;1-2/h3-4,7-9H,5-6,11H2,1-2H3;1-2H3/b4-3-,9-8-,10-7-;. The molecule has 0 aromatic heterocycles. The molecule has 13 heavy (non-hydrogen) atoms. The fourth-order valence-corrected chi connectivity index (χ4v) is 0.794. The zero-order valence-electron chi connectivity index (χ0n) is 9.38. The van der Waals surface area contributed by atoms with Crippen molar-refractivity contribution in [3.63, 3.8) is 0 Å². The Hall–Kier alpha value is -0.980. The molecule has 0 saturated carbocycles. The number of nitrogens with two attached hydrogens (primary N) is 1. The first kappa shape index (κ1) is 14.5. The first-order chi connectivity index (χ1) is 6.31. The van der Waals surface area contributed by atoms with E-state index in [9.17, 15) is 0 Å². The highest BCUT2D eigenvalue weighted by molar-refractivity contribution is 5.14. The Morgan fingerprint density at radius 1 is 1.23 bits per heavy atom. The Balaban J connectivity index is 0. The number of hydrogen-bond donors (Lipinski definition) is 1. The molecule has 0 spiro atoms. The maximum Gasteiger partial charge on any atom is -0.00598 e. The quantitative estimate of drug-likeness (QED) is 0.398. The molecule has 0 unspecified atom stereocenters. The molecule has 76 valence electrons. The van der Waals surface area contributed by atoms with Crippen LogP contribution in [-0.2, 0) is 0 Å². The second-order valence-electron chi connectivity index (χ2n) is 2.45. The lowest BCUT2D eigenvalue weighted by Gasteiger charge is -1.90. The van der Waals surface area contributed by atoms with Crippen LogP contribution in [0.3, 0.4) is 0 Å². The summed E-state index contributed by atoms with van der Waals surface area (Å²) in [6.07, 6.45) is 12.1. The number of allylic oxidation sites excluding steroid dienone is 5. The first-order valence-corrected chi connectivity index (χ1v) is 4.97. The molecule has 1 nitrogen and oxygen atoms in total. The average molecular weight is 181 g/mol. The molecule has 0 aliphatic rings. The van der Waals surface area contributed by atoms with E-state index in [1.807, 2.05) is 26.8 Å². The van der Waals surface area contributed by atoms with Crippen LogP contribution in [0.5, 0.6) is 0 Å². The number of hydrogen-bond acceptors (Lipinski definition) is 1. The molecular formula is C12H23N. The molecule has 0 radical (unpaired) electrons. The fourth-order valence-electron chi connectivity index (χ4n) is 0.794. The van der Waals surface area contributed by atoms with E-state index in [0.29, 0.717) is 0 Å². The Morgan fingerprint density at radius 3 is 2.31 bits per heavy atom. The van der Waals surface area contributed by atoms with Gasteiger partial charge in [-0.05, 0) is 39.0 Å². The van der Waals surface area contributed by atoms with E-state index in [-0.39, 0.29) is 0 Å². The van der Waals surface area contributed by atoms with E-state index in [2.05, 4.69) is 25.2 Å². The van der Waals surface area contributed by atoms with Gasteiger partial charge in [0.05, 0.1) is 0 Å². The van der Waals surface area contributed by atoms with Gasteiger partial charge in [0, 0.05) is 0 Å². The van der Waals surface area contributed by atoms with Gasteiger partial charge in [-0.1, -0.05) is 37.6 Å². The number of rotatable bonds is 4. The van der Waals surface area contributed by atoms with E-state index < -0.39 is 0 Å². The summed E-state index contributed by atoms with van der Waals surface area (Å²) in [5.41, 5.74) is 6.46. The van der Waals surface area contributed by atoms with Crippen LogP contribution >= 0.6 is 0 Å². The van der Waals surface area contributed by atoms with Crippen molar-refractivity contribution in [2.45, 2.75) is 40.5 Å². The van der Waals surface area contributed by atoms with Crippen LogP contribution in [0, 0.1) is 0 Å². The third kappa shape index (κ3) is 13.9. The summed E-state index contributed by atoms with van der Waals surface area (Å²) in [7, 11) is 0. The topological polar surface area (TPSA) is 26.0 Å². The van der Waals surface area contributed by atoms with Crippen molar-refractivity contribution in [2.24, 2.45) is 5.73 Å². The third-order valence-corrected chi connectivity index (χ3v) is 1.39. The maximum atomic E-state index is 5.22. The monoisotopic (exact) mass is 181 g/mol. The maximum absolute atomic E-state index is 5.22. The van der Waals surface area contributed by atoms with Crippen molar-refractivity contribution in [3.8, 4) is 0 Å². The van der Waals surface area contributed by atoms with E-state index in [0.717, 1.165) is 12.8 Å².